The summed E-state index contributed by atoms with van der Waals surface area (Å²) >= 11 is 6.47. The van der Waals surface area contributed by atoms with Crippen LogP contribution in [0, 0.1) is 10.1 Å². The van der Waals surface area contributed by atoms with Gasteiger partial charge in [0.25, 0.3) is 5.69 Å². The van der Waals surface area contributed by atoms with Crippen LogP contribution >= 0.6 is 11.6 Å². The number of rotatable bonds is 6. The van der Waals surface area contributed by atoms with Gasteiger partial charge in [0.05, 0.1) is 28.6 Å². The van der Waals surface area contributed by atoms with Crippen molar-refractivity contribution in [2.24, 2.45) is 0 Å². The Morgan fingerprint density at radius 1 is 0.951 bits per heavy atom. The van der Waals surface area contributed by atoms with E-state index in [0.717, 1.165) is 10.5 Å². The minimum absolute atomic E-state index is 0.00684. The fraction of sp³-hybridized carbons (Fsp3) is 0.321. The van der Waals surface area contributed by atoms with E-state index in [-0.39, 0.29) is 29.8 Å². The van der Waals surface area contributed by atoms with Crippen LogP contribution in [-0.2, 0) is 23.6 Å². The number of non-ortho nitro benzene ring substituents is 1. The molecule has 0 spiro atoms. The summed E-state index contributed by atoms with van der Waals surface area (Å²) in [5.74, 6) is 0.121. The first-order valence-corrected chi connectivity index (χ1v) is 12.7. The molecule has 1 heterocycles. The minimum Gasteiger partial charge on any atom is -0.439 e. The van der Waals surface area contributed by atoms with E-state index in [1.807, 2.05) is 26.0 Å². The summed E-state index contributed by atoms with van der Waals surface area (Å²) in [5, 5.41) is 11.9. The Morgan fingerprint density at radius 3 is 2.10 bits per heavy atom. The predicted octanol–water partition coefficient (Wildman–Crippen LogP) is 9.16. The van der Waals surface area contributed by atoms with Crippen LogP contribution in [0.25, 0.3) is 11.1 Å². The molecule has 0 bridgehead atoms. The topological polar surface area (TPSA) is 72.7 Å². The first kappa shape index (κ1) is 30.2. The van der Waals surface area contributed by atoms with Crippen LogP contribution in [0.1, 0.15) is 60.6 Å². The zero-order valence-electron chi connectivity index (χ0n) is 21.8. The molecule has 0 radical (unpaired) electrons. The van der Waals surface area contributed by atoms with E-state index in [2.05, 4.69) is 0 Å². The molecule has 0 saturated carbocycles. The Kier molecular flexibility index (Phi) is 8.01. The number of hydrogen-bond acceptors (Lipinski definition) is 4. The molecule has 4 rings (SSSR count). The average molecular weight is 601 g/mol. The summed E-state index contributed by atoms with van der Waals surface area (Å²) in [7, 11) is 0. The number of nitro benzene ring substituents is 1. The summed E-state index contributed by atoms with van der Waals surface area (Å²) in [6, 6.07) is 9.30. The molecule has 41 heavy (non-hydrogen) atoms. The van der Waals surface area contributed by atoms with Gasteiger partial charge in [0.2, 0.25) is 0 Å². The Balaban J connectivity index is 1.76. The van der Waals surface area contributed by atoms with Gasteiger partial charge in [0.1, 0.15) is 6.10 Å². The first-order valence-electron chi connectivity index (χ1n) is 12.3. The smallest absolute Gasteiger partial charge is 0.416 e. The molecule has 3 aromatic rings. The maximum Gasteiger partial charge on any atom is 0.416 e. The molecule has 6 nitrogen and oxygen atoms in total. The zero-order chi connectivity index (χ0) is 30.4. The number of nitrogens with zero attached hydrogens (tertiary/aromatic N) is 2. The monoisotopic (exact) mass is 600 g/mol. The highest BCUT2D eigenvalue weighted by molar-refractivity contribution is 6.33. The number of halogens is 7. The van der Waals surface area contributed by atoms with E-state index in [1.54, 1.807) is 6.07 Å². The SMILES string of the molecule is CC(C)c1ccc(Cl)c(-c2ccc([N+](=O)[O-])cc2CN2C(=O)OC(c3cc(C(F)(F)F)cc(C(F)(F)F)c3)C2C)c1. The van der Waals surface area contributed by atoms with Crippen LogP contribution in [0.4, 0.5) is 36.8 Å². The zero-order valence-corrected chi connectivity index (χ0v) is 22.6. The molecule has 1 aliphatic rings. The normalized spacial score (nSPS) is 17.7. The third-order valence-electron chi connectivity index (χ3n) is 6.92. The number of cyclic esters (lactones) is 1. The molecule has 218 valence electrons. The van der Waals surface area contributed by atoms with E-state index in [1.165, 1.54) is 25.1 Å². The number of carbonyl (C=O) groups is 1. The largest absolute Gasteiger partial charge is 0.439 e. The number of amides is 1. The van der Waals surface area contributed by atoms with Gasteiger partial charge >= 0.3 is 18.4 Å². The Hall–Kier alpha value is -3.80. The van der Waals surface area contributed by atoms with Gasteiger partial charge < -0.3 is 4.74 Å². The van der Waals surface area contributed by atoms with Gasteiger partial charge in [-0.3, -0.25) is 15.0 Å². The van der Waals surface area contributed by atoms with Gasteiger partial charge in [-0.05, 0) is 71.5 Å². The summed E-state index contributed by atoms with van der Waals surface area (Å²) in [4.78, 5) is 24.9. The van der Waals surface area contributed by atoms with Crippen LogP contribution in [-0.4, -0.2) is 22.0 Å². The maximum atomic E-state index is 13.4. The van der Waals surface area contributed by atoms with E-state index in [4.69, 9.17) is 16.3 Å². The minimum atomic E-state index is -5.08. The van der Waals surface area contributed by atoms with Crippen LogP contribution < -0.4 is 0 Å². The molecule has 0 aromatic heterocycles. The molecule has 1 saturated heterocycles. The quantitative estimate of drug-likeness (QED) is 0.161. The van der Waals surface area contributed by atoms with Crippen molar-refractivity contribution in [3.8, 4) is 11.1 Å². The fourth-order valence-electron chi connectivity index (χ4n) is 4.68. The van der Waals surface area contributed by atoms with Crippen molar-refractivity contribution >= 4 is 23.4 Å². The molecule has 2 unspecified atom stereocenters. The highest BCUT2D eigenvalue weighted by Gasteiger charge is 2.43. The van der Waals surface area contributed by atoms with E-state index >= 15 is 0 Å². The predicted molar refractivity (Wildman–Crippen MR) is 138 cm³/mol. The van der Waals surface area contributed by atoms with Crippen molar-refractivity contribution in [2.45, 2.75) is 57.7 Å². The second kappa shape index (κ2) is 10.9. The number of nitro groups is 1. The molecular weight excluding hydrogens is 578 g/mol. The Labute approximate surface area is 235 Å². The molecule has 1 fully saturated rings. The highest BCUT2D eigenvalue weighted by atomic mass is 35.5. The van der Waals surface area contributed by atoms with Crippen LogP contribution in [0.15, 0.2) is 54.6 Å². The molecule has 3 aromatic carbocycles. The van der Waals surface area contributed by atoms with Gasteiger partial charge in [-0.25, -0.2) is 4.79 Å². The van der Waals surface area contributed by atoms with Crippen molar-refractivity contribution in [3.63, 3.8) is 0 Å². The second-order valence-corrected chi connectivity index (χ2v) is 10.4. The number of carbonyl (C=O) groups excluding carboxylic acids is 1. The highest BCUT2D eigenvalue weighted by Crippen LogP contribution is 2.42. The average Bonchev–Trinajstić information content (AvgIpc) is 3.16. The van der Waals surface area contributed by atoms with Crippen molar-refractivity contribution in [2.75, 3.05) is 0 Å². The van der Waals surface area contributed by atoms with E-state index in [0.29, 0.717) is 28.3 Å². The fourth-order valence-corrected chi connectivity index (χ4v) is 4.90. The van der Waals surface area contributed by atoms with Crippen molar-refractivity contribution in [3.05, 3.63) is 97.6 Å². The van der Waals surface area contributed by atoms with Crippen LogP contribution in [0.5, 0.6) is 0 Å². The molecule has 1 aliphatic heterocycles. The molecule has 0 aliphatic carbocycles. The maximum absolute atomic E-state index is 13.4. The number of ether oxygens (including phenoxy) is 1. The lowest BCUT2D eigenvalue weighted by atomic mass is 9.93. The van der Waals surface area contributed by atoms with E-state index in [9.17, 15) is 41.3 Å². The molecular formula is C28H23ClF6N2O4. The second-order valence-electron chi connectivity index (χ2n) is 10.0. The van der Waals surface area contributed by atoms with Crippen molar-refractivity contribution in [1.29, 1.82) is 0 Å². The molecule has 2 atom stereocenters. The van der Waals surface area contributed by atoms with Crippen molar-refractivity contribution < 1.29 is 40.8 Å². The van der Waals surface area contributed by atoms with Crippen LogP contribution in [0.2, 0.25) is 5.02 Å². The number of benzene rings is 3. The molecule has 13 heteroatoms. The molecule has 0 N–H and O–H groups in total. The third-order valence-corrected chi connectivity index (χ3v) is 7.25. The first-order chi connectivity index (χ1) is 19.0. The lowest BCUT2D eigenvalue weighted by Gasteiger charge is -2.23. The van der Waals surface area contributed by atoms with Gasteiger partial charge in [-0.15, -0.1) is 0 Å². The van der Waals surface area contributed by atoms with Gasteiger partial charge in [0, 0.05) is 22.7 Å². The van der Waals surface area contributed by atoms with E-state index < -0.39 is 52.2 Å². The van der Waals surface area contributed by atoms with Crippen LogP contribution in [0.3, 0.4) is 0 Å². The summed E-state index contributed by atoms with van der Waals surface area (Å²) < 4.78 is 85.8. The molecule has 1 amide bonds. The lowest BCUT2D eigenvalue weighted by molar-refractivity contribution is -0.384. The number of alkyl halides is 6. The number of hydrogen-bond donors (Lipinski definition) is 0. The van der Waals surface area contributed by atoms with Gasteiger partial charge in [-0.2, -0.15) is 26.3 Å². The van der Waals surface area contributed by atoms with Crippen molar-refractivity contribution in [1.82, 2.24) is 4.90 Å². The lowest BCUT2D eigenvalue weighted by Crippen LogP contribution is -2.31. The summed E-state index contributed by atoms with van der Waals surface area (Å²) in [6.07, 6.45) is -12.6. The Bertz CT molecular complexity index is 1470. The standard InChI is InChI=1S/C28H23ClF6N2O4/c1-14(2)16-4-7-24(29)23(11-16)22-6-5-21(37(39)40)10-18(22)13-36-15(3)25(41-26(36)38)17-8-19(27(30,31)32)12-20(9-17)28(33,34)35/h4-12,14-15,25H,13H2,1-3H3. The summed E-state index contributed by atoms with van der Waals surface area (Å²) in [6.45, 7) is 5.04. The third kappa shape index (κ3) is 6.27. The van der Waals surface area contributed by atoms with Gasteiger partial charge in [-0.1, -0.05) is 31.5 Å². The van der Waals surface area contributed by atoms with Gasteiger partial charge in [0.15, 0.2) is 0 Å². The Morgan fingerprint density at radius 2 is 1.56 bits per heavy atom. The summed E-state index contributed by atoms with van der Waals surface area (Å²) in [5.41, 5.74) is -1.64.